The summed E-state index contributed by atoms with van der Waals surface area (Å²) >= 11 is 5.71. The predicted octanol–water partition coefficient (Wildman–Crippen LogP) is 2.85. The smallest absolute Gasteiger partial charge is 0.269 e. The van der Waals surface area contributed by atoms with E-state index in [1.165, 1.54) is 12.1 Å². The molecule has 0 saturated heterocycles. The molecule has 98 valence electrons. The molecule has 0 aliphatic carbocycles. The number of halogens is 2. The first-order valence-corrected chi connectivity index (χ1v) is 6.18. The van der Waals surface area contributed by atoms with Gasteiger partial charge in [0.2, 0.25) is 0 Å². The highest BCUT2D eigenvalue weighted by molar-refractivity contribution is 6.29. The second-order valence-corrected chi connectivity index (χ2v) is 4.37. The molecule has 19 heavy (non-hydrogen) atoms. The zero-order valence-corrected chi connectivity index (χ0v) is 10.8. The summed E-state index contributed by atoms with van der Waals surface area (Å²) in [6, 6.07) is 11.1. The van der Waals surface area contributed by atoms with Crippen molar-refractivity contribution in [3.63, 3.8) is 0 Å². The number of hydrogen-bond acceptors (Lipinski definition) is 2. The van der Waals surface area contributed by atoms with E-state index in [2.05, 4.69) is 10.3 Å². The molecule has 0 spiro atoms. The normalized spacial score (nSPS) is 10.2. The van der Waals surface area contributed by atoms with Gasteiger partial charge in [0.25, 0.3) is 5.91 Å². The molecule has 0 aliphatic heterocycles. The molecule has 1 heterocycles. The second-order valence-electron chi connectivity index (χ2n) is 3.98. The lowest BCUT2D eigenvalue weighted by atomic mass is 10.1. The van der Waals surface area contributed by atoms with Crippen LogP contribution in [0.5, 0.6) is 0 Å². The molecule has 0 radical (unpaired) electrons. The molecule has 0 unspecified atom stereocenters. The molecule has 3 nitrogen and oxygen atoms in total. The minimum Gasteiger partial charge on any atom is -0.350 e. The Bertz CT molecular complexity index is 572. The highest BCUT2D eigenvalue weighted by atomic mass is 35.5. The van der Waals surface area contributed by atoms with Crippen molar-refractivity contribution in [1.82, 2.24) is 10.3 Å². The van der Waals surface area contributed by atoms with E-state index in [1.54, 1.807) is 30.3 Å². The largest absolute Gasteiger partial charge is 0.350 e. The van der Waals surface area contributed by atoms with E-state index in [0.717, 1.165) is 5.56 Å². The Morgan fingerprint density at radius 1 is 1.21 bits per heavy atom. The molecule has 1 aromatic heterocycles. The lowest BCUT2D eigenvalue weighted by Crippen LogP contribution is -2.26. The maximum Gasteiger partial charge on any atom is 0.269 e. The molecule has 0 fully saturated rings. The van der Waals surface area contributed by atoms with Crippen molar-refractivity contribution in [2.24, 2.45) is 0 Å². The van der Waals surface area contributed by atoms with Crippen molar-refractivity contribution in [1.29, 1.82) is 0 Å². The van der Waals surface area contributed by atoms with Crippen molar-refractivity contribution >= 4 is 17.5 Å². The molecule has 5 heteroatoms. The van der Waals surface area contributed by atoms with Crippen molar-refractivity contribution in [2.45, 2.75) is 6.42 Å². The molecule has 0 saturated carbocycles. The van der Waals surface area contributed by atoms with E-state index in [-0.39, 0.29) is 22.6 Å². The zero-order chi connectivity index (χ0) is 13.7. The van der Waals surface area contributed by atoms with Crippen molar-refractivity contribution in [3.8, 4) is 0 Å². The van der Waals surface area contributed by atoms with Crippen LogP contribution in [-0.4, -0.2) is 17.4 Å². The summed E-state index contributed by atoms with van der Waals surface area (Å²) in [4.78, 5) is 15.7. The molecule has 1 aromatic carbocycles. The molecule has 1 N–H and O–H groups in total. The maximum atomic E-state index is 12.7. The van der Waals surface area contributed by atoms with Gasteiger partial charge in [-0.2, -0.15) is 0 Å². The van der Waals surface area contributed by atoms with Gasteiger partial charge in [0.05, 0.1) is 0 Å². The van der Waals surface area contributed by atoms with E-state index in [9.17, 15) is 9.18 Å². The zero-order valence-electron chi connectivity index (χ0n) is 10.1. The fourth-order valence-corrected chi connectivity index (χ4v) is 1.76. The second kappa shape index (κ2) is 6.29. The van der Waals surface area contributed by atoms with Gasteiger partial charge in [0.15, 0.2) is 0 Å². The molecule has 0 bridgehead atoms. The van der Waals surface area contributed by atoms with E-state index in [4.69, 9.17) is 11.6 Å². The van der Waals surface area contributed by atoms with Gasteiger partial charge in [0, 0.05) is 6.54 Å². The van der Waals surface area contributed by atoms with E-state index < -0.39 is 0 Å². The first-order chi connectivity index (χ1) is 9.15. The third kappa shape index (κ3) is 4.03. The van der Waals surface area contributed by atoms with E-state index in [0.29, 0.717) is 13.0 Å². The number of nitrogens with zero attached hydrogens (tertiary/aromatic N) is 1. The predicted molar refractivity (Wildman–Crippen MR) is 71.7 cm³/mol. The summed E-state index contributed by atoms with van der Waals surface area (Å²) in [5, 5.41) is 3.02. The van der Waals surface area contributed by atoms with Crippen LogP contribution >= 0.6 is 11.6 Å². The highest BCUT2D eigenvalue weighted by Gasteiger charge is 2.06. The Morgan fingerprint density at radius 2 is 1.95 bits per heavy atom. The van der Waals surface area contributed by atoms with Gasteiger partial charge in [-0.1, -0.05) is 29.8 Å². The Morgan fingerprint density at radius 3 is 2.63 bits per heavy atom. The number of nitrogens with one attached hydrogen (secondary N) is 1. The van der Waals surface area contributed by atoms with Crippen LogP contribution in [0.1, 0.15) is 16.1 Å². The Kier molecular flexibility index (Phi) is 4.47. The van der Waals surface area contributed by atoms with Crippen LogP contribution in [0.4, 0.5) is 4.39 Å². The summed E-state index contributed by atoms with van der Waals surface area (Å²) < 4.78 is 12.7. The molecule has 1 amide bonds. The lowest BCUT2D eigenvalue weighted by molar-refractivity contribution is 0.0949. The van der Waals surface area contributed by atoms with E-state index >= 15 is 0 Å². The topological polar surface area (TPSA) is 42.0 Å². The minimum atomic E-state index is -0.274. The molecule has 0 aliphatic rings. The molecular formula is C14H12ClFN2O. The van der Waals surface area contributed by atoms with Crippen LogP contribution in [0.2, 0.25) is 5.15 Å². The van der Waals surface area contributed by atoms with Crippen LogP contribution < -0.4 is 5.32 Å². The average Bonchev–Trinajstić information content (AvgIpc) is 2.41. The van der Waals surface area contributed by atoms with Crippen molar-refractivity contribution < 1.29 is 9.18 Å². The van der Waals surface area contributed by atoms with Gasteiger partial charge in [-0.15, -0.1) is 0 Å². The number of benzene rings is 1. The Balaban J connectivity index is 1.86. The number of pyridine rings is 1. The van der Waals surface area contributed by atoms with Gasteiger partial charge >= 0.3 is 0 Å². The fourth-order valence-electron chi connectivity index (χ4n) is 1.60. The van der Waals surface area contributed by atoms with Crippen LogP contribution in [-0.2, 0) is 6.42 Å². The number of rotatable bonds is 4. The van der Waals surface area contributed by atoms with Gasteiger partial charge in [-0.3, -0.25) is 4.79 Å². The van der Waals surface area contributed by atoms with Gasteiger partial charge in [0.1, 0.15) is 16.7 Å². The number of amides is 1. The number of hydrogen-bond donors (Lipinski definition) is 1. The maximum absolute atomic E-state index is 12.7. The number of aromatic nitrogens is 1. The summed E-state index contributed by atoms with van der Waals surface area (Å²) in [7, 11) is 0. The van der Waals surface area contributed by atoms with Crippen LogP contribution in [0.25, 0.3) is 0 Å². The van der Waals surface area contributed by atoms with Gasteiger partial charge in [-0.05, 0) is 36.2 Å². The van der Waals surface area contributed by atoms with E-state index in [1.807, 2.05) is 0 Å². The highest BCUT2D eigenvalue weighted by Crippen LogP contribution is 2.05. The Hall–Kier alpha value is -1.94. The average molecular weight is 279 g/mol. The van der Waals surface area contributed by atoms with Crippen molar-refractivity contribution in [3.05, 3.63) is 64.7 Å². The van der Waals surface area contributed by atoms with Crippen LogP contribution in [0, 0.1) is 5.82 Å². The number of carbonyl (C=O) groups is 1. The third-order valence-electron chi connectivity index (χ3n) is 2.56. The van der Waals surface area contributed by atoms with Gasteiger partial charge in [-0.25, -0.2) is 9.37 Å². The van der Waals surface area contributed by atoms with Crippen LogP contribution in [0.15, 0.2) is 42.5 Å². The lowest BCUT2D eigenvalue weighted by Gasteiger charge is -2.05. The fraction of sp³-hybridized carbons (Fsp3) is 0.143. The summed E-state index contributed by atoms with van der Waals surface area (Å²) in [6.45, 7) is 0.457. The van der Waals surface area contributed by atoms with Crippen molar-refractivity contribution in [2.75, 3.05) is 6.54 Å². The summed E-state index contributed by atoms with van der Waals surface area (Å²) in [5.74, 6) is -0.541. The third-order valence-corrected chi connectivity index (χ3v) is 2.77. The first-order valence-electron chi connectivity index (χ1n) is 5.80. The molecule has 2 aromatic rings. The SMILES string of the molecule is O=C(NCCc1ccc(F)cc1)c1cccc(Cl)n1. The van der Waals surface area contributed by atoms with Gasteiger partial charge < -0.3 is 5.32 Å². The first kappa shape index (κ1) is 13.5. The Labute approximate surface area is 115 Å². The van der Waals surface area contributed by atoms with Crippen LogP contribution in [0.3, 0.4) is 0 Å². The monoisotopic (exact) mass is 278 g/mol. The molecule has 0 atom stereocenters. The molecule has 2 rings (SSSR count). The summed E-state index contributed by atoms with van der Waals surface area (Å²) in [6.07, 6.45) is 0.632. The standard InChI is InChI=1S/C14H12ClFN2O/c15-13-3-1-2-12(18-13)14(19)17-9-8-10-4-6-11(16)7-5-10/h1-7H,8-9H2,(H,17,19). The quantitative estimate of drug-likeness (QED) is 0.874. The summed E-state index contributed by atoms with van der Waals surface area (Å²) in [5.41, 5.74) is 1.24. The number of carbonyl (C=O) groups excluding carboxylic acids is 1. The molecular weight excluding hydrogens is 267 g/mol. The minimum absolute atomic E-state index is 0.268.